The quantitative estimate of drug-likeness (QED) is 0.476. The molecule has 2 heteroatoms. The third-order valence-electron chi connectivity index (χ3n) is 0.319. The molecule has 0 N–H and O–H groups in total. The average molecular weight is 106 g/mol. The average Bonchev–Trinajstić information content (AvgIpc) is 1.35. The smallest absolute Gasteiger partial charge is 0.0862 e. The Balaban J connectivity index is 2.83. The molecule has 0 aromatic carbocycles. The molecule has 0 bridgehead atoms. The molecule has 1 unspecified atom stereocenters. The molecular formula is C4H10OS. The third kappa shape index (κ3) is 4.18. The maximum absolute atomic E-state index is 4.75. The van der Waals surface area contributed by atoms with E-state index in [1.54, 1.807) is 7.11 Å². The van der Waals surface area contributed by atoms with Crippen molar-refractivity contribution < 1.29 is 4.74 Å². The van der Waals surface area contributed by atoms with E-state index in [1.807, 2.05) is 6.26 Å². The van der Waals surface area contributed by atoms with Crippen LogP contribution in [0.15, 0.2) is 0 Å². The van der Waals surface area contributed by atoms with Gasteiger partial charge in [-0.15, -0.1) is 0 Å². The number of methoxy groups -OCH3 is 1. The van der Waals surface area contributed by atoms with Gasteiger partial charge >= 0.3 is 0 Å². The van der Waals surface area contributed by atoms with Crippen molar-refractivity contribution in [2.45, 2.75) is 0 Å². The SMILES string of the molecule is C=S(C)COC. The molecular weight excluding hydrogens is 96.1 g/mol. The minimum absolute atomic E-state index is 0.212. The maximum Gasteiger partial charge on any atom is 0.0862 e. The number of hydrogen-bond acceptors (Lipinski definition) is 1. The van der Waals surface area contributed by atoms with Crippen LogP contribution < -0.4 is 0 Å². The lowest BCUT2D eigenvalue weighted by Crippen LogP contribution is -1.79. The van der Waals surface area contributed by atoms with Gasteiger partial charge in [0.05, 0.1) is 5.94 Å². The summed E-state index contributed by atoms with van der Waals surface area (Å²) in [6, 6.07) is 0. The topological polar surface area (TPSA) is 9.23 Å². The summed E-state index contributed by atoms with van der Waals surface area (Å²) in [6.07, 6.45) is 2.05. The van der Waals surface area contributed by atoms with Gasteiger partial charge in [0.2, 0.25) is 0 Å². The van der Waals surface area contributed by atoms with Crippen molar-refractivity contribution in [3.63, 3.8) is 0 Å². The fourth-order valence-corrected chi connectivity index (χ4v) is 0.604. The van der Waals surface area contributed by atoms with Crippen LogP contribution in [0.5, 0.6) is 0 Å². The van der Waals surface area contributed by atoms with E-state index in [-0.39, 0.29) is 10.5 Å². The molecule has 0 radical (unpaired) electrons. The van der Waals surface area contributed by atoms with E-state index in [1.165, 1.54) is 0 Å². The fourth-order valence-electron chi connectivity index (χ4n) is 0.201. The lowest BCUT2D eigenvalue weighted by molar-refractivity contribution is 0.259. The van der Waals surface area contributed by atoms with E-state index >= 15 is 0 Å². The van der Waals surface area contributed by atoms with Crippen molar-refractivity contribution in [2.75, 3.05) is 19.3 Å². The molecule has 0 aromatic heterocycles. The summed E-state index contributed by atoms with van der Waals surface area (Å²) < 4.78 is 4.75. The summed E-state index contributed by atoms with van der Waals surface area (Å²) >= 11 is 0. The van der Waals surface area contributed by atoms with Crippen molar-refractivity contribution in [3.8, 4) is 0 Å². The lowest BCUT2D eigenvalue weighted by atomic mass is 11.5. The molecule has 38 valence electrons. The Kier molecular flexibility index (Phi) is 3.47. The first kappa shape index (κ1) is 6.18. The van der Waals surface area contributed by atoms with Gasteiger partial charge in [-0.25, -0.2) is 0 Å². The van der Waals surface area contributed by atoms with Gasteiger partial charge < -0.3 is 4.74 Å². The second kappa shape index (κ2) is 3.37. The highest BCUT2D eigenvalue weighted by Gasteiger charge is 1.72. The number of ether oxygens (including phenoxy) is 1. The summed E-state index contributed by atoms with van der Waals surface area (Å²) in [5.41, 5.74) is 0. The van der Waals surface area contributed by atoms with Gasteiger partial charge in [0.1, 0.15) is 0 Å². The molecule has 0 aliphatic rings. The zero-order chi connectivity index (χ0) is 4.99. The molecule has 1 nitrogen and oxygen atoms in total. The van der Waals surface area contributed by atoms with E-state index in [0.717, 1.165) is 5.94 Å². The molecule has 0 aliphatic carbocycles. The zero-order valence-electron chi connectivity index (χ0n) is 4.23. The molecule has 0 saturated heterocycles. The van der Waals surface area contributed by atoms with Crippen LogP contribution in [0.1, 0.15) is 0 Å². The fraction of sp³-hybridized carbons (Fsp3) is 0.750. The molecule has 0 fully saturated rings. The summed E-state index contributed by atoms with van der Waals surface area (Å²) in [6.45, 7) is 0. The highest BCUT2D eigenvalue weighted by atomic mass is 32.2. The second-order valence-electron chi connectivity index (χ2n) is 1.19. The van der Waals surface area contributed by atoms with E-state index in [0.29, 0.717) is 0 Å². The molecule has 0 heterocycles. The molecule has 0 amide bonds. The first-order chi connectivity index (χ1) is 2.77. The lowest BCUT2D eigenvalue weighted by Gasteiger charge is -1.92. The van der Waals surface area contributed by atoms with Gasteiger partial charge in [0.15, 0.2) is 0 Å². The minimum atomic E-state index is 0.212. The molecule has 0 rings (SSSR count). The Morgan fingerprint density at radius 2 is 2.33 bits per heavy atom. The Bertz CT molecular complexity index is 51.5. The minimum Gasteiger partial charge on any atom is -0.375 e. The van der Waals surface area contributed by atoms with Crippen LogP contribution in [-0.2, 0) is 4.74 Å². The third-order valence-corrected chi connectivity index (χ3v) is 0.957. The van der Waals surface area contributed by atoms with Crippen LogP contribution in [0.4, 0.5) is 0 Å². The standard InChI is InChI=1S/C4H10OS/c1-5-4-6(2)3/h2,4H2,1,3H3. The van der Waals surface area contributed by atoms with Gasteiger partial charge in [-0.2, -0.15) is 10.5 Å². The molecule has 0 aromatic rings. The van der Waals surface area contributed by atoms with E-state index < -0.39 is 0 Å². The largest absolute Gasteiger partial charge is 0.375 e. The normalized spacial score (nSPS) is 14.3. The van der Waals surface area contributed by atoms with Crippen molar-refractivity contribution in [1.82, 2.24) is 0 Å². The van der Waals surface area contributed by atoms with Crippen molar-refractivity contribution in [1.29, 1.82) is 0 Å². The summed E-state index contributed by atoms with van der Waals surface area (Å²) in [5, 5.41) is 0. The van der Waals surface area contributed by atoms with Gasteiger partial charge in [-0.05, 0) is 6.26 Å². The maximum atomic E-state index is 4.75. The van der Waals surface area contributed by atoms with Crippen LogP contribution in [0.3, 0.4) is 0 Å². The van der Waals surface area contributed by atoms with Crippen molar-refractivity contribution >= 4 is 16.4 Å². The monoisotopic (exact) mass is 106 g/mol. The molecule has 0 aliphatic heterocycles. The van der Waals surface area contributed by atoms with E-state index in [4.69, 9.17) is 4.74 Å². The summed E-state index contributed by atoms with van der Waals surface area (Å²) in [7, 11) is 1.90. The first-order valence-electron chi connectivity index (χ1n) is 1.68. The predicted molar refractivity (Wildman–Crippen MR) is 32.5 cm³/mol. The molecule has 1 atom stereocenters. The van der Waals surface area contributed by atoms with Gasteiger partial charge in [-0.3, -0.25) is 0 Å². The Morgan fingerprint density at radius 1 is 1.83 bits per heavy atom. The highest BCUT2D eigenvalue weighted by Crippen LogP contribution is 1.98. The van der Waals surface area contributed by atoms with Crippen LogP contribution in [-0.4, -0.2) is 25.2 Å². The molecule has 0 spiro atoms. The second-order valence-corrected chi connectivity index (χ2v) is 2.99. The van der Waals surface area contributed by atoms with E-state index in [9.17, 15) is 0 Å². The number of hydrogen-bond donors (Lipinski definition) is 0. The first-order valence-corrected chi connectivity index (χ1v) is 3.65. The highest BCUT2D eigenvalue weighted by molar-refractivity contribution is 8.13. The Morgan fingerprint density at radius 3 is 2.33 bits per heavy atom. The van der Waals surface area contributed by atoms with Crippen LogP contribution in [0, 0.1) is 0 Å². The van der Waals surface area contributed by atoms with Crippen molar-refractivity contribution in [3.05, 3.63) is 0 Å². The van der Waals surface area contributed by atoms with E-state index in [2.05, 4.69) is 5.87 Å². The molecule has 0 saturated carbocycles. The van der Waals surface area contributed by atoms with Crippen LogP contribution >= 0.6 is 10.5 Å². The van der Waals surface area contributed by atoms with Crippen molar-refractivity contribution in [2.24, 2.45) is 0 Å². The summed E-state index contributed by atoms with van der Waals surface area (Å²) in [4.78, 5) is 0. The summed E-state index contributed by atoms with van der Waals surface area (Å²) in [5.74, 6) is 4.52. The molecule has 6 heavy (non-hydrogen) atoms. The van der Waals surface area contributed by atoms with Crippen LogP contribution in [0.2, 0.25) is 0 Å². The van der Waals surface area contributed by atoms with Gasteiger partial charge in [0.25, 0.3) is 0 Å². The predicted octanol–water partition coefficient (Wildman–Crippen LogP) is 0.921. The van der Waals surface area contributed by atoms with Crippen LogP contribution in [0.25, 0.3) is 0 Å². The number of rotatable bonds is 2. The van der Waals surface area contributed by atoms with Gasteiger partial charge in [-0.1, -0.05) is 5.87 Å². The Hall–Kier alpha value is 0.180. The zero-order valence-corrected chi connectivity index (χ0v) is 5.05. The van der Waals surface area contributed by atoms with Gasteiger partial charge in [0, 0.05) is 7.11 Å². The Labute approximate surface area is 41.2 Å².